The number of nitrogens with one attached hydrogen (secondary N) is 1. The summed E-state index contributed by atoms with van der Waals surface area (Å²) >= 11 is 0. The quantitative estimate of drug-likeness (QED) is 0.778. The maximum Gasteiger partial charge on any atom is 0.236 e. The molecule has 0 aromatic heterocycles. The van der Waals surface area contributed by atoms with Crippen LogP contribution in [0.3, 0.4) is 0 Å². The highest BCUT2D eigenvalue weighted by Gasteiger charge is 2.19. The lowest BCUT2D eigenvalue weighted by atomic mass is 10.1. The van der Waals surface area contributed by atoms with Crippen LogP contribution in [0.25, 0.3) is 0 Å². The van der Waals surface area contributed by atoms with Crippen molar-refractivity contribution in [3.8, 4) is 0 Å². The van der Waals surface area contributed by atoms with Crippen molar-refractivity contribution in [1.82, 2.24) is 15.1 Å². The summed E-state index contributed by atoms with van der Waals surface area (Å²) in [6.45, 7) is 8.66. The Balaban J connectivity index is 2.41. The van der Waals surface area contributed by atoms with Crippen LogP contribution in [0, 0.1) is 0 Å². The van der Waals surface area contributed by atoms with E-state index < -0.39 is 0 Å². The van der Waals surface area contributed by atoms with Gasteiger partial charge in [-0.1, -0.05) is 13.8 Å². The first-order chi connectivity index (χ1) is 8.19. The fourth-order valence-electron chi connectivity index (χ4n) is 2.45. The van der Waals surface area contributed by atoms with E-state index >= 15 is 0 Å². The Labute approximate surface area is 105 Å². The van der Waals surface area contributed by atoms with Gasteiger partial charge in [0.1, 0.15) is 0 Å². The number of hydrogen-bond donors (Lipinski definition) is 1. The van der Waals surface area contributed by atoms with Crippen LogP contribution >= 0.6 is 0 Å². The van der Waals surface area contributed by atoms with Gasteiger partial charge in [0.2, 0.25) is 5.91 Å². The minimum absolute atomic E-state index is 0.281. The normalized spacial score (nSPS) is 17.6. The van der Waals surface area contributed by atoms with E-state index in [1.54, 1.807) is 0 Å². The van der Waals surface area contributed by atoms with E-state index in [0.717, 1.165) is 45.4 Å². The zero-order valence-corrected chi connectivity index (χ0v) is 11.5. The molecule has 0 unspecified atom stereocenters. The van der Waals surface area contributed by atoms with Crippen molar-refractivity contribution < 1.29 is 4.79 Å². The predicted molar refractivity (Wildman–Crippen MR) is 71.1 cm³/mol. The topological polar surface area (TPSA) is 35.6 Å². The first-order valence-electron chi connectivity index (χ1n) is 6.87. The Hall–Kier alpha value is -0.610. The molecule has 0 aromatic carbocycles. The van der Waals surface area contributed by atoms with Gasteiger partial charge in [-0.05, 0) is 32.9 Å². The second-order valence-corrected chi connectivity index (χ2v) is 4.87. The molecule has 4 nitrogen and oxygen atoms in total. The molecule has 1 saturated heterocycles. The van der Waals surface area contributed by atoms with Gasteiger partial charge in [0, 0.05) is 25.7 Å². The van der Waals surface area contributed by atoms with Gasteiger partial charge in [0.05, 0.1) is 6.54 Å². The minimum atomic E-state index is 0.281. The van der Waals surface area contributed by atoms with Crippen LogP contribution in [-0.4, -0.2) is 61.5 Å². The highest BCUT2D eigenvalue weighted by atomic mass is 16.2. The molecule has 0 aromatic rings. The summed E-state index contributed by atoms with van der Waals surface area (Å²) in [4.78, 5) is 16.3. The van der Waals surface area contributed by atoms with Crippen LogP contribution in [0.5, 0.6) is 0 Å². The van der Waals surface area contributed by atoms with Gasteiger partial charge in [-0.2, -0.15) is 0 Å². The largest absolute Gasteiger partial charge is 0.340 e. The molecule has 1 aliphatic heterocycles. The van der Waals surface area contributed by atoms with E-state index in [9.17, 15) is 4.79 Å². The number of rotatable bonds is 5. The molecule has 1 N–H and O–H groups in total. The Kier molecular flexibility index (Phi) is 6.52. The van der Waals surface area contributed by atoms with Gasteiger partial charge in [0.15, 0.2) is 0 Å². The maximum atomic E-state index is 12.2. The first-order valence-corrected chi connectivity index (χ1v) is 6.87. The van der Waals surface area contributed by atoms with E-state index in [-0.39, 0.29) is 5.91 Å². The van der Waals surface area contributed by atoms with Crippen LogP contribution in [0.15, 0.2) is 0 Å². The lowest BCUT2D eigenvalue weighted by Crippen LogP contribution is -2.43. The maximum absolute atomic E-state index is 12.2. The highest BCUT2D eigenvalue weighted by Crippen LogP contribution is 2.07. The number of hydrogen-bond acceptors (Lipinski definition) is 3. The van der Waals surface area contributed by atoms with Crippen molar-refractivity contribution in [2.24, 2.45) is 0 Å². The third-order valence-electron chi connectivity index (χ3n) is 3.64. The zero-order valence-electron chi connectivity index (χ0n) is 11.5. The number of carbonyl (C=O) groups is 1. The van der Waals surface area contributed by atoms with E-state index in [1.807, 2.05) is 4.90 Å². The van der Waals surface area contributed by atoms with Gasteiger partial charge in [-0.15, -0.1) is 0 Å². The van der Waals surface area contributed by atoms with Gasteiger partial charge < -0.3 is 10.2 Å². The average Bonchev–Trinajstić information content (AvgIpc) is 2.59. The van der Waals surface area contributed by atoms with Gasteiger partial charge in [-0.25, -0.2) is 0 Å². The SMILES string of the molecule is CCC(CC)N(C)CC(=O)N1CCCNCC1. The summed E-state index contributed by atoms with van der Waals surface area (Å²) in [6.07, 6.45) is 3.30. The molecule has 0 saturated carbocycles. The standard InChI is InChI=1S/C13H27N3O/c1-4-12(5-2)15(3)11-13(17)16-9-6-7-14-8-10-16/h12,14H,4-11H2,1-3H3. The molecule has 1 heterocycles. The van der Waals surface area contributed by atoms with E-state index in [0.29, 0.717) is 12.6 Å². The summed E-state index contributed by atoms with van der Waals surface area (Å²) in [6, 6.07) is 0.532. The van der Waals surface area contributed by atoms with Crippen molar-refractivity contribution in [2.75, 3.05) is 39.8 Å². The third kappa shape index (κ3) is 4.64. The lowest BCUT2D eigenvalue weighted by Gasteiger charge is -2.28. The fourth-order valence-corrected chi connectivity index (χ4v) is 2.45. The third-order valence-corrected chi connectivity index (χ3v) is 3.64. The number of nitrogens with zero attached hydrogens (tertiary/aromatic N) is 2. The summed E-state index contributed by atoms with van der Waals surface area (Å²) in [5.41, 5.74) is 0. The van der Waals surface area contributed by atoms with E-state index in [1.165, 1.54) is 0 Å². The molecule has 0 radical (unpaired) electrons. The second-order valence-electron chi connectivity index (χ2n) is 4.87. The monoisotopic (exact) mass is 241 g/mol. The van der Waals surface area contributed by atoms with Crippen LogP contribution in [0.1, 0.15) is 33.1 Å². The molecule has 17 heavy (non-hydrogen) atoms. The summed E-state index contributed by atoms with van der Waals surface area (Å²) < 4.78 is 0. The van der Waals surface area contributed by atoms with Crippen molar-refractivity contribution in [2.45, 2.75) is 39.2 Å². The number of likely N-dealkylation sites (N-methyl/N-ethyl adjacent to an activating group) is 1. The first kappa shape index (κ1) is 14.5. The summed E-state index contributed by atoms with van der Waals surface area (Å²) in [7, 11) is 2.06. The highest BCUT2D eigenvalue weighted by molar-refractivity contribution is 5.78. The van der Waals surface area contributed by atoms with E-state index in [2.05, 4.69) is 31.1 Å². The predicted octanol–water partition coefficient (Wildman–Crippen LogP) is 0.929. The van der Waals surface area contributed by atoms with Crippen molar-refractivity contribution in [3.05, 3.63) is 0 Å². The molecule has 0 bridgehead atoms. The molecule has 100 valence electrons. The summed E-state index contributed by atoms with van der Waals surface area (Å²) in [5.74, 6) is 0.281. The zero-order chi connectivity index (χ0) is 12.7. The number of carbonyl (C=O) groups excluding carboxylic acids is 1. The molecule has 1 amide bonds. The fraction of sp³-hybridized carbons (Fsp3) is 0.923. The Morgan fingerprint density at radius 1 is 1.29 bits per heavy atom. The molecule has 0 aliphatic carbocycles. The molecule has 0 spiro atoms. The van der Waals surface area contributed by atoms with Crippen LogP contribution in [0.2, 0.25) is 0 Å². The smallest absolute Gasteiger partial charge is 0.236 e. The van der Waals surface area contributed by atoms with Crippen molar-refractivity contribution in [1.29, 1.82) is 0 Å². The van der Waals surface area contributed by atoms with Crippen molar-refractivity contribution in [3.63, 3.8) is 0 Å². The average molecular weight is 241 g/mol. The Bertz CT molecular complexity index is 221. The van der Waals surface area contributed by atoms with Crippen LogP contribution in [0.4, 0.5) is 0 Å². The lowest BCUT2D eigenvalue weighted by molar-refractivity contribution is -0.132. The van der Waals surface area contributed by atoms with Gasteiger partial charge in [0.25, 0.3) is 0 Å². The molecular weight excluding hydrogens is 214 g/mol. The molecule has 0 atom stereocenters. The van der Waals surface area contributed by atoms with E-state index in [4.69, 9.17) is 0 Å². The summed E-state index contributed by atoms with van der Waals surface area (Å²) in [5, 5.41) is 3.32. The Morgan fingerprint density at radius 3 is 2.65 bits per heavy atom. The van der Waals surface area contributed by atoms with Crippen LogP contribution in [-0.2, 0) is 4.79 Å². The minimum Gasteiger partial charge on any atom is -0.340 e. The van der Waals surface area contributed by atoms with Gasteiger partial charge >= 0.3 is 0 Å². The Morgan fingerprint density at radius 2 is 2.00 bits per heavy atom. The second kappa shape index (κ2) is 7.67. The molecule has 1 rings (SSSR count). The molecule has 1 aliphatic rings. The van der Waals surface area contributed by atoms with Crippen molar-refractivity contribution >= 4 is 5.91 Å². The molecular formula is C13H27N3O. The van der Waals surface area contributed by atoms with Crippen LogP contribution < -0.4 is 5.32 Å². The van der Waals surface area contributed by atoms with Gasteiger partial charge in [-0.3, -0.25) is 9.69 Å². The molecule has 4 heteroatoms. The number of amides is 1. The molecule has 1 fully saturated rings.